The maximum Gasteiger partial charge on any atom is 0.249 e. The van der Waals surface area contributed by atoms with Crippen molar-refractivity contribution in [3.8, 4) is 6.07 Å². The van der Waals surface area contributed by atoms with Crippen molar-refractivity contribution in [3.63, 3.8) is 0 Å². The molecule has 2 aromatic rings. The fraction of sp³-hybridized carbons (Fsp3) is 0.474. The Bertz CT molecular complexity index is 889. The summed E-state index contributed by atoms with van der Waals surface area (Å²) in [5, 5.41) is 22.3. The summed E-state index contributed by atoms with van der Waals surface area (Å²) in [5.74, 6) is 0.101. The summed E-state index contributed by atoms with van der Waals surface area (Å²) in [4.78, 5) is 23.1. The van der Waals surface area contributed by atoms with Crippen LogP contribution in [0.15, 0.2) is 24.5 Å². The van der Waals surface area contributed by atoms with Gasteiger partial charge >= 0.3 is 0 Å². The van der Waals surface area contributed by atoms with Crippen LogP contribution in [0.1, 0.15) is 25.3 Å². The minimum absolute atomic E-state index is 0.0294. The van der Waals surface area contributed by atoms with E-state index in [1.165, 1.54) is 0 Å². The van der Waals surface area contributed by atoms with Crippen molar-refractivity contribution in [2.75, 3.05) is 18.0 Å². The molecule has 1 aliphatic carbocycles. The first-order valence-corrected chi connectivity index (χ1v) is 8.95. The first-order chi connectivity index (χ1) is 12.6. The minimum Gasteiger partial charge on any atom is -0.383 e. The number of benzene rings is 1. The van der Waals surface area contributed by atoms with E-state index in [-0.39, 0.29) is 23.8 Å². The number of aliphatic hydroxyl groups excluding tert-OH is 1. The number of nitrogens with one attached hydrogen (secondary N) is 1. The molecule has 134 valence electrons. The second-order valence-corrected chi connectivity index (χ2v) is 7.28. The number of hydrogen-bond donors (Lipinski definition) is 2. The number of fused-ring (bicyclic) bond motifs is 1. The van der Waals surface area contributed by atoms with E-state index in [1.54, 1.807) is 18.5 Å². The van der Waals surface area contributed by atoms with Crippen molar-refractivity contribution in [1.82, 2.24) is 15.3 Å². The average Bonchev–Trinajstić information content (AvgIpc) is 3.44. The van der Waals surface area contributed by atoms with Gasteiger partial charge in [-0.05, 0) is 36.8 Å². The zero-order chi connectivity index (χ0) is 18.3. The van der Waals surface area contributed by atoms with Crippen LogP contribution in [0.25, 0.3) is 11.0 Å². The third-order valence-corrected chi connectivity index (χ3v) is 5.34. The number of aliphatic hydroxyl groups is 1. The number of nitrogens with zero attached hydrogens (tertiary/aromatic N) is 4. The minimum atomic E-state index is -0.891. The van der Waals surface area contributed by atoms with E-state index in [0.29, 0.717) is 23.1 Å². The highest BCUT2D eigenvalue weighted by atomic mass is 16.3. The van der Waals surface area contributed by atoms with Gasteiger partial charge in [0.05, 0.1) is 17.3 Å². The summed E-state index contributed by atoms with van der Waals surface area (Å²) in [7, 11) is 0. The first-order valence-electron chi connectivity index (χ1n) is 8.95. The molecule has 1 aliphatic heterocycles. The highest BCUT2D eigenvalue weighted by Gasteiger charge is 2.38. The van der Waals surface area contributed by atoms with E-state index in [1.807, 2.05) is 6.07 Å². The highest BCUT2D eigenvalue weighted by molar-refractivity contribution is 5.92. The summed E-state index contributed by atoms with van der Waals surface area (Å²) in [6.07, 6.45) is 4.17. The summed E-state index contributed by atoms with van der Waals surface area (Å²) in [5.41, 5.74) is 2.71. The van der Waals surface area contributed by atoms with E-state index in [0.717, 1.165) is 25.1 Å². The van der Waals surface area contributed by atoms with Crippen molar-refractivity contribution < 1.29 is 9.90 Å². The van der Waals surface area contributed by atoms with Crippen molar-refractivity contribution in [2.24, 2.45) is 11.8 Å². The standard InChI is InChI=1S/C19H21N5O2/c1-11-9-24(10-14(11)23-19(26)18(25)12-2-3-12)15-5-4-13(8-20)16-17(15)22-7-6-21-16/h4-7,11-12,14,18,25H,2-3,9-10H2,1H3,(H,23,26)/t11-,14+,18?/m1/s1. The Balaban J connectivity index is 1.55. The van der Waals surface area contributed by atoms with Crippen LogP contribution < -0.4 is 10.2 Å². The molecule has 1 saturated carbocycles. The lowest BCUT2D eigenvalue weighted by molar-refractivity contribution is -0.131. The molecule has 1 saturated heterocycles. The lowest BCUT2D eigenvalue weighted by Crippen LogP contribution is -2.45. The predicted molar refractivity (Wildman–Crippen MR) is 96.3 cm³/mol. The SMILES string of the molecule is C[C@@H]1CN(c2ccc(C#N)c3nccnc23)C[C@@H]1NC(=O)C(O)C1CC1. The largest absolute Gasteiger partial charge is 0.383 e. The van der Waals surface area contributed by atoms with Crippen LogP contribution in [-0.2, 0) is 4.79 Å². The van der Waals surface area contributed by atoms with Crippen molar-refractivity contribution >= 4 is 22.6 Å². The number of amides is 1. The fourth-order valence-corrected chi connectivity index (χ4v) is 3.63. The molecular weight excluding hydrogens is 330 g/mol. The Hall–Kier alpha value is -2.72. The van der Waals surface area contributed by atoms with Crippen molar-refractivity contribution in [3.05, 3.63) is 30.1 Å². The quantitative estimate of drug-likeness (QED) is 0.858. The number of hydrogen-bond acceptors (Lipinski definition) is 6. The summed E-state index contributed by atoms with van der Waals surface area (Å²) in [6, 6.07) is 5.78. The predicted octanol–water partition coefficient (Wildman–Crippen LogP) is 1.21. The molecular formula is C19H21N5O2. The van der Waals surface area contributed by atoms with Gasteiger partial charge in [-0.15, -0.1) is 0 Å². The second kappa shape index (κ2) is 6.54. The average molecular weight is 351 g/mol. The number of rotatable bonds is 4. The molecule has 2 N–H and O–H groups in total. The van der Waals surface area contributed by atoms with E-state index in [2.05, 4.69) is 33.2 Å². The number of carbonyl (C=O) groups excluding carboxylic acids is 1. The molecule has 1 aromatic carbocycles. The molecule has 0 radical (unpaired) electrons. The maximum absolute atomic E-state index is 12.2. The van der Waals surface area contributed by atoms with Crippen LogP contribution in [-0.4, -0.2) is 46.2 Å². The number of nitriles is 1. The molecule has 2 fully saturated rings. The van der Waals surface area contributed by atoms with Gasteiger partial charge < -0.3 is 15.3 Å². The van der Waals surface area contributed by atoms with E-state index < -0.39 is 6.10 Å². The number of aromatic nitrogens is 2. The summed E-state index contributed by atoms with van der Waals surface area (Å²) >= 11 is 0. The molecule has 26 heavy (non-hydrogen) atoms. The second-order valence-electron chi connectivity index (χ2n) is 7.28. The van der Waals surface area contributed by atoms with Crippen molar-refractivity contribution in [2.45, 2.75) is 31.9 Å². The Morgan fingerprint density at radius 1 is 1.31 bits per heavy atom. The van der Waals surface area contributed by atoms with Crippen LogP contribution in [0.4, 0.5) is 5.69 Å². The van der Waals surface area contributed by atoms with Gasteiger partial charge in [-0.25, -0.2) is 0 Å². The van der Waals surface area contributed by atoms with Crippen molar-refractivity contribution in [1.29, 1.82) is 5.26 Å². The lowest BCUT2D eigenvalue weighted by Gasteiger charge is -2.21. The van der Waals surface area contributed by atoms with E-state index in [9.17, 15) is 15.2 Å². The van der Waals surface area contributed by atoms with Gasteiger partial charge in [-0.3, -0.25) is 14.8 Å². The summed E-state index contributed by atoms with van der Waals surface area (Å²) < 4.78 is 0. The van der Waals surface area contributed by atoms with Gasteiger partial charge in [0.1, 0.15) is 23.2 Å². The van der Waals surface area contributed by atoms with Crippen LogP contribution in [0.2, 0.25) is 0 Å². The fourth-order valence-electron chi connectivity index (χ4n) is 3.63. The third-order valence-electron chi connectivity index (χ3n) is 5.34. The molecule has 2 aliphatic rings. The molecule has 0 bridgehead atoms. The Kier molecular flexibility index (Phi) is 4.21. The van der Waals surface area contributed by atoms with Gasteiger partial charge in [0.2, 0.25) is 5.91 Å². The van der Waals surface area contributed by atoms with E-state index in [4.69, 9.17) is 0 Å². The number of anilines is 1. The molecule has 7 heteroatoms. The number of carbonyl (C=O) groups is 1. The zero-order valence-corrected chi connectivity index (χ0v) is 14.6. The molecule has 1 amide bonds. The van der Waals surface area contributed by atoms with Gasteiger partial charge in [0, 0.05) is 25.5 Å². The Labute approximate surface area is 151 Å². The monoisotopic (exact) mass is 351 g/mol. The van der Waals surface area contributed by atoms with Crippen LogP contribution in [0.3, 0.4) is 0 Å². The Morgan fingerprint density at radius 2 is 2.04 bits per heavy atom. The molecule has 3 atom stereocenters. The van der Waals surface area contributed by atoms with Crippen LogP contribution >= 0.6 is 0 Å². The smallest absolute Gasteiger partial charge is 0.249 e. The summed E-state index contributed by atoms with van der Waals surface area (Å²) in [6.45, 7) is 3.50. The van der Waals surface area contributed by atoms with Crippen LogP contribution in [0.5, 0.6) is 0 Å². The van der Waals surface area contributed by atoms with Gasteiger partial charge in [-0.1, -0.05) is 6.92 Å². The molecule has 0 spiro atoms. The maximum atomic E-state index is 12.2. The zero-order valence-electron chi connectivity index (χ0n) is 14.6. The normalized spacial score (nSPS) is 23.7. The van der Waals surface area contributed by atoms with Gasteiger partial charge in [-0.2, -0.15) is 5.26 Å². The first kappa shape index (κ1) is 16.7. The Morgan fingerprint density at radius 3 is 2.73 bits per heavy atom. The molecule has 1 aromatic heterocycles. The van der Waals surface area contributed by atoms with E-state index >= 15 is 0 Å². The lowest BCUT2D eigenvalue weighted by atomic mass is 10.1. The molecule has 7 nitrogen and oxygen atoms in total. The van der Waals surface area contributed by atoms with Gasteiger partial charge in [0.25, 0.3) is 0 Å². The third kappa shape index (κ3) is 2.97. The molecule has 1 unspecified atom stereocenters. The molecule has 4 rings (SSSR count). The highest BCUT2D eigenvalue weighted by Crippen LogP contribution is 2.33. The molecule has 2 heterocycles. The van der Waals surface area contributed by atoms with Crippen LogP contribution in [0, 0.1) is 23.2 Å². The topological polar surface area (TPSA) is 102 Å². The van der Waals surface area contributed by atoms with Gasteiger partial charge in [0.15, 0.2) is 0 Å².